The highest BCUT2D eigenvalue weighted by atomic mass is 79.9. The number of hydrogen-bond donors (Lipinski definition) is 3. The van der Waals surface area contributed by atoms with Gasteiger partial charge in [0, 0.05) is 24.6 Å². The minimum atomic E-state index is -4.14. The van der Waals surface area contributed by atoms with Crippen LogP contribution in [0.25, 0.3) is 0 Å². The van der Waals surface area contributed by atoms with E-state index in [4.69, 9.17) is 16.0 Å². The van der Waals surface area contributed by atoms with E-state index in [1.54, 1.807) is 6.07 Å². The molecule has 0 spiro atoms. The molecule has 186 valence electrons. The summed E-state index contributed by atoms with van der Waals surface area (Å²) in [5, 5.41) is 13.8. The van der Waals surface area contributed by atoms with Crippen molar-refractivity contribution in [2.45, 2.75) is 31.7 Å². The molecule has 0 saturated heterocycles. The van der Waals surface area contributed by atoms with Gasteiger partial charge >= 0.3 is 10.2 Å². The van der Waals surface area contributed by atoms with Crippen LogP contribution in [0.4, 0.5) is 5.69 Å². The van der Waals surface area contributed by atoms with Crippen LogP contribution in [0.5, 0.6) is 5.75 Å². The third-order valence-electron chi connectivity index (χ3n) is 4.67. The van der Waals surface area contributed by atoms with E-state index in [2.05, 4.69) is 35.4 Å². The van der Waals surface area contributed by atoms with Gasteiger partial charge in [0.1, 0.15) is 23.0 Å². The van der Waals surface area contributed by atoms with Crippen LogP contribution >= 0.6 is 27.5 Å². The average molecular weight is 597 g/mol. The van der Waals surface area contributed by atoms with E-state index in [-0.39, 0.29) is 21.8 Å². The van der Waals surface area contributed by atoms with E-state index in [1.165, 1.54) is 32.5 Å². The fraction of sp³-hybridized carbons (Fsp3) is 0.368. The van der Waals surface area contributed by atoms with E-state index < -0.39 is 42.3 Å². The van der Waals surface area contributed by atoms with Crippen LogP contribution in [-0.4, -0.2) is 52.0 Å². The van der Waals surface area contributed by atoms with Gasteiger partial charge in [0.2, 0.25) is 10.0 Å². The van der Waals surface area contributed by atoms with Crippen LogP contribution in [-0.2, 0) is 20.2 Å². The Morgan fingerprint density at radius 2 is 1.97 bits per heavy atom. The highest BCUT2D eigenvalue weighted by Crippen LogP contribution is 2.40. The Morgan fingerprint density at radius 3 is 2.50 bits per heavy atom. The first-order valence-electron chi connectivity index (χ1n) is 9.69. The number of phenols is 1. The summed E-state index contributed by atoms with van der Waals surface area (Å²) >= 11 is 9.12. The van der Waals surface area contributed by atoms with Gasteiger partial charge < -0.3 is 14.8 Å². The van der Waals surface area contributed by atoms with E-state index in [1.807, 2.05) is 20.8 Å². The van der Waals surface area contributed by atoms with E-state index in [0.717, 1.165) is 4.31 Å². The van der Waals surface area contributed by atoms with Crippen LogP contribution in [0.1, 0.15) is 32.6 Å². The maximum Gasteiger partial charge on any atom is 0.345 e. The molecule has 0 fully saturated rings. The predicted molar refractivity (Wildman–Crippen MR) is 133 cm³/mol. The number of aromatic hydroxyl groups is 1. The number of phenolic OH excluding ortho intramolecular Hbond substituents is 1. The summed E-state index contributed by atoms with van der Waals surface area (Å²) in [6, 6.07) is 3.68. The van der Waals surface area contributed by atoms with Crippen LogP contribution in [0.3, 0.4) is 0 Å². The molecule has 3 N–H and O–H groups in total. The third-order valence-corrected chi connectivity index (χ3v) is 8.56. The Balaban J connectivity index is 2.09. The number of rotatable bonds is 5. The van der Waals surface area contributed by atoms with Gasteiger partial charge in [-0.05, 0) is 33.5 Å². The van der Waals surface area contributed by atoms with Crippen molar-refractivity contribution in [3.63, 3.8) is 0 Å². The van der Waals surface area contributed by atoms with E-state index in [9.17, 15) is 21.9 Å². The number of nitrogens with zero attached hydrogens (tertiary/aromatic N) is 3. The van der Waals surface area contributed by atoms with Crippen molar-refractivity contribution < 1.29 is 26.4 Å². The molecular weight excluding hydrogens is 574 g/mol. The smallest absolute Gasteiger partial charge is 0.345 e. The zero-order valence-corrected chi connectivity index (χ0v) is 22.8. The van der Waals surface area contributed by atoms with Gasteiger partial charge in [-0.1, -0.05) is 32.4 Å². The number of benzene rings is 1. The zero-order valence-electron chi connectivity index (χ0n) is 18.8. The molecule has 0 aliphatic carbocycles. The standard InChI is InChI=1S/C19H23BrClN5O6S2/c1-19(2,3)16(13-8-10(21)9-32-13)23-18-17(24-34(30,31)25-18)22-12-7-6-11(20)15(14(12)27)33(28,29)26(4)5/h6-9,16,27H,1-5H3,(H,22,24)(H,23,25)/t16-/m0/s1. The molecule has 2 heterocycles. The Bertz CT molecular complexity index is 1390. The molecule has 15 heteroatoms. The number of nitrogens with one attached hydrogen (secondary N) is 2. The van der Waals surface area contributed by atoms with Crippen molar-refractivity contribution in [1.82, 2.24) is 9.03 Å². The quantitative estimate of drug-likeness (QED) is 0.447. The van der Waals surface area contributed by atoms with Crippen LogP contribution < -0.4 is 10.0 Å². The lowest BCUT2D eigenvalue weighted by atomic mass is 9.85. The van der Waals surface area contributed by atoms with Gasteiger partial charge in [0.05, 0.1) is 10.7 Å². The normalized spacial score (nSPS) is 18.1. The Hall–Kier alpha value is -2.13. The van der Waals surface area contributed by atoms with Gasteiger partial charge in [-0.25, -0.2) is 17.4 Å². The predicted octanol–water partition coefficient (Wildman–Crippen LogP) is 3.50. The number of amidine groups is 2. The molecule has 34 heavy (non-hydrogen) atoms. The molecule has 0 radical (unpaired) electrons. The molecule has 1 aliphatic rings. The lowest BCUT2D eigenvalue weighted by Gasteiger charge is -2.26. The highest BCUT2D eigenvalue weighted by Gasteiger charge is 2.34. The maximum absolute atomic E-state index is 12.7. The molecule has 0 saturated carbocycles. The first-order chi connectivity index (χ1) is 15.5. The van der Waals surface area contributed by atoms with Crippen molar-refractivity contribution >= 4 is 65.1 Å². The lowest BCUT2D eigenvalue weighted by Crippen LogP contribution is -2.32. The highest BCUT2D eigenvalue weighted by molar-refractivity contribution is 9.10. The van der Waals surface area contributed by atoms with Crippen molar-refractivity contribution in [2.75, 3.05) is 19.4 Å². The Kier molecular flexibility index (Phi) is 7.12. The van der Waals surface area contributed by atoms with Gasteiger partial charge in [-0.3, -0.25) is 4.99 Å². The SMILES string of the molecule is CN(C)S(=O)(=O)c1c(Br)ccc(NC2=NS(=O)(=O)NC2=N[C@@H](c2cc(Cl)co2)C(C)(C)C)c1O. The number of hydrogen-bond acceptors (Lipinski definition) is 8. The van der Waals surface area contributed by atoms with Crippen LogP contribution in [0, 0.1) is 5.41 Å². The fourth-order valence-corrected chi connectivity index (χ4v) is 5.95. The molecule has 0 amide bonds. The average Bonchev–Trinajstić information content (AvgIpc) is 3.22. The van der Waals surface area contributed by atoms with Crippen LogP contribution in [0.15, 0.2) is 47.6 Å². The molecule has 0 bridgehead atoms. The van der Waals surface area contributed by atoms with Crippen molar-refractivity contribution in [3.05, 3.63) is 39.7 Å². The monoisotopic (exact) mass is 595 g/mol. The van der Waals surface area contributed by atoms with Gasteiger partial charge in [0.25, 0.3) is 0 Å². The number of furan rings is 1. The molecule has 1 aliphatic heterocycles. The van der Waals surface area contributed by atoms with Crippen molar-refractivity contribution in [3.8, 4) is 5.75 Å². The summed E-state index contributed by atoms with van der Waals surface area (Å²) in [6.45, 7) is 5.64. The van der Waals surface area contributed by atoms with Crippen molar-refractivity contribution in [1.29, 1.82) is 0 Å². The molecule has 1 atom stereocenters. The van der Waals surface area contributed by atoms with Crippen molar-refractivity contribution in [2.24, 2.45) is 14.8 Å². The molecule has 1 aromatic carbocycles. The first kappa shape index (κ1) is 26.5. The summed E-state index contributed by atoms with van der Waals surface area (Å²) < 4.78 is 62.2. The lowest BCUT2D eigenvalue weighted by molar-refractivity contribution is 0.287. The zero-order chi connectivity index (χ0) is 25.6. The molecule has 2 aromatic rings. The van der Waals surface area contributed by atoms with Crippen LogP contribution in [0.2, 0.25) is 5.02 Å². The minimum absolute atomic E-state index is 0.0951. The second-order valence-electron chi connectivity index (χ2n) is 8.62. The van der Waals surface area contributed by atoms with Gasteiger partial charge in [0.15, 0.2) is 17.4 Å². The number of halogens is 2. The molecule has 1 aromatic heterocycles. The molecular formula is C19H23BrClN5O6S2. The second kappa shape index (κ2) is 9.15. The number of anilines is 1. The first-order valence-corrected chi connectivity index (χ1v) is 13.7. The number of aliphatic imine (C=N–C) groups is 1. The summed E-state index contributed by atoms with van der Waals surface area (Å²) in [7, 11) is -5.54. The van der Waals surface area contributed by atoms with E-state index >= 15 is 0 Å². The molecule has 0 unspecified atom stereocenters. The molecule has 3 rings (SSSR count). The third kappa shape index (κ3) is 5.40. The summed E-state index contributed by atoms with van der Waals surface area (Å²) in [5.74, 6) is -0.606. The Labute approximate surface area is 211 Å². The maximum atomic E-state index is 12.7. The summed E-state index contributed by atoms with van der Waals surface area (Å²) in [4.78, 5) is 4.12. The van der Waals surface area contributed by atoms with E-state index in [0.29, 0.717) is 10.8 Å². The Morgan fingerprint density at radius 1 is 1.32 bits per heavy atom. The van der Waals surface area contributed by atoms with Gasteiger partial charge in [-0.2, -0.15) is 8.42 Å². The fourth-order valence-electron chi connectivity index (χ4n) is 3.01. The number of sulfonamides is 1. The summed E-state index contributed by atoms with van der Waals surface area (Å²) in [6.07, 6.45) is 1.34. The minimum Gasteiger partial charge on any atom is -0.504 e. The topological polar surface area (TPSA) is 154 Å². The molecule has 11 nitrogen and oxygen atoms in total. The summed E-state index contributed by atoms with van der Waals surface area (Å²) in [5.41, 5.74) is -0.609. The second-order valence-corrected chi connectivity index (χ2v) is 13.3. The largest absolute Gasteiger partial charge is 0.504 e. The van der Waals surface area contributed by atoms with Gasteiger partial charge in [-0.15, -0.1) is 4.40 Å².